The maximum Gasteiger partial charge on any atom is 0.0493 e. The Morgan fingerprint density at radius 3 is 1.07 bits per heavy atom. The fourth-order valence-electron chi connectivity index (χ4n) is 5.40. The van der Waals surface area contributed by atoms with Gasteiger partial charge in [-0.3, -0.25) is 4.98 Å². The van der Waals surface area contributed by atoms with Crippen molar-refractivity contribution in [3.05, 3.63) is 187 Å². The van der Waals surface area contributed by atoms with E-state index in [0.29, 0.717) is 0 Å². The average molecular weight is 552 g/mol. The second-order valence-corrected chi connectivity index (χ2v) is 14.3. The molecule has 0 aliphatic heterocycles. The molecule has 0 radical (unpaired) electrons. The van der Waals surface area contributed by atoms with Gasteiger partial charge in [0.15, 0.2) is 0 Å². The fraction of sp³-hybridized carbons (Fsp3) is 0.0541. The lowest BCUT2D eigenvalue weighted by Crippen LogP contribution is -2.26. The smallest absolute Gasteiger partial charge is 0.0493 e. The summed E-state index contributed by atoms with van der Waals surface area (Å²) in [6.07, 6.45) is 1.96. The molecule has 1 aromatic heterocycles. The molecule has 0 aliphatic rings. The maximum absolute atomic E-state index is 5.09. The van der Waals surface area contributed by atoms with Crippen LogP contribution in [0.3, 0.4) is 0 Å². The van der Waals surface area contributed by atoms with Gasteiger partial charge in [-0.15, -0.1) is 0 Å². The van der Waals surface area contributed by atoms with Crippen molar-refractivity contribution >= 4 is 37.1 Å². The van der Waals surface area contributed by atoms with Gasteiger partial charge < -0.3 is 0 Å². The lowest BCUT2D eigenvalue weighted by molar-refractivity contribution is 0.853. The Morgan fingerprint density at radius 2 is 0.700 bits per heavy atom. The zero-order valence-electron chi connectivity index (χ0n) is 22.2. The Hall–Kier alpha value is -3.89. The lowest BCUT2D eigenvalue weighted by Gasteiger charge is -2.40. The van der Waals surface area contributed by atoms with Crippen molar-refractivity contribution in [3.8, 4) is 0 Å². The zero-order valence-corrected chi connectivity index (χ0v) is 24.0. The van der Waals surface area contributed by atoms with Crippen molar-refractivity contribution in [1.82, 2.24) is 4.98 Å². The van der Waals surface area contributed by atoms with E-state index < -0.39 is 15.8 Å². The molecule has 0 bridgehead atoms. The third-order valence-electron chi connectivity index (χ3n) is 7.12. The molecule has 0 fully saturated rings. The third kappa shape index (κ3) is 5.83. The molecule has 6 rings (SSSR count). The van der Waals surface area contributed by atoms with E-state index in [9.17, 15) is 0 Å². The molecule has 0 amide bonds. The van der Waals surface area contributed by atoms with E-state index in [0.717, 1.165) is 5.69 Å². The Kier molecular flexibility index (Phi) is 8.54. The average Bonchev–Trinajstić information content (AvgIpc) is 3.05. The highest BCUT2D eigenvalue weighted by atomic mass is 31.1. The number of aromatic nitrogens is 1. The van der Waals surface area contributed by atoms with Crippen molar-refractivity contribution in [2.45, 2.75) is 11.3 Å². The first-order chi connectivity index (χ1) is 19.9. The van der Waals surface area contributed by atoms with E-state index in [-0.39, 0.29) is 11.3 Å². The second kappa shape index (κ2) is 13.0. The van der Waals surface area contributed by atoms with E-state index in [2.05, 4.69) is 164 Å². The van der Waals surface area contributed by atoms with Crippen LogP contribution in [0.2, 0.25) is 0 Å². The molecule has 1 nitrogen and oxygen atoms in total. The Labute approximate surface area is 240 Å². The van der Waals surface area contributed by atoms with Crippen molar-refractivity contribution in [2.75, 3.05) is 0 Å². The third-order valence-corrected chi connectivity index (χ3v) is 13.0. The number of hydrogen-bond acceptors (Lipinski definition) is 1. The van der Waals surface area contributed by atoms with E-state index in [1.165, 1.54) is 26.8 Å². The van der Waals surface area contributed by atoms with E-state index in [1.54, 1.807) is 0 Å². The molecule has 194 valence electrons. The molecular formula is C37H31NP2. The lowest BCUT2D eigenvalue weighted by atomic mass is 10.1. The van der Waals surface area contributed by atoms with Gasteiger partial charge in [-0.05, 0) is 54.8 Å². The van der Waals surface area contributed by atoms with Gasteiger partial charge in [0.25, 0.3) is 0 Å². The van der Waals surface area contributed by atoms with Crippen LogP contribution >= 0.6 is 15.8 Å². The molecular weight excluding hydrogens is 520 g/mol. The maximum atomic E-state index is 5.09. The monoisotopic (exact) mass is 551 g/mol. The van der Waals surface area contributed by atoms with Gasteiger partial charge in [0.05, 0.1) is 0 Å². The molecule has 6 aromatic rings. The highest BCUT2D eigenvalue weighted by molar-refractivity contribution is 7.77. The fourth-order valence-corrected chi connectivity index (χ4v) is 11.8. The summed E-state index contributed by atoms with van der Waals surface area (Å²) in [6.45, 7) is 0. The minimum atomic E-state index is -0.813. The van der Waals surface area contributed by atoms with Crippen molar-refractivity contribution in [2.24, 2.45) is 0 Å². The van der Waals surface area contributed by atoms with Gasteiger partial charge in [-0.1, -0.05) is 158 Å². The largest absolute Gasteiger partial charge is 0.261 e. The van der Waals surface area contributed by atoms with Crippen LogP contribution in [0.5, 0.6) is 0 Å². The van der Waals surface area contributed by atoms with Crippen LogP contribution in [0.4, 0.5) is 0 Å². The molecule has 1 heterocycles. The van der Waals surface area contributed by atoms with Crippen LogP contribution in [-0.4, -0.2) is 4.98 Å². The van der Waals surface area contributed by atoms with Gasteiger partial charge in [-0.25, -0.2) is 0 Å². The van der Waals surface area contributed by atoms with Crippen molar-refractivity contribution in [3.63, 3.8) is 0 Å². The quantitative estimate of drug-likeness (QED) is 0.165. The standard InChI is InChI=1S/C37H31NP2/c1-6-18-30(19-7-1)36(39(31-20-8-2-9-21-31)32-22-10-3-11-23-32)37(35-28-16-17-29-38-35)40(33-24-12-4-13-25-33)34-26-14-5-15-27-34/h1-29,36-37H/t36-,37+/m0/s1. The molecule has 0 N–H and O–H groups in total. The molecule has 3 heteroatoms. The number of rotatable bonds is 9. The molecule has 2 atom stereocenters. The highest BCUT2D eigenvalue weighted by Gasteiger charge is 2.40. The number of benzene rings is 5. The van der Waals surface area contributed by atoms with Crippen LogP contribution < -0.4 is 21.2 Å². The Balaban J connectivity index is 1.67. The van der Waals surface area contributed by atoms with E-state index in [4.69, 9.17) is 4.98 Å². The Bertz CT molecular complexity index is 1380. The van der Waals surface area contributed by atoms with Crippen LogP contribution in [0.15, 0.2) is 176 Å². The molecule has 0 spiro atoms. The van der Waals surface area contributed by atoms with Gasteiger partial charge in [0, 0.05) is 23.2 Å². The van der Waals surface area contributed by atoms with Crippen LogP contribution in [0.1, 0.15) is 22.6 Å². The number of pyridine rings is 1. The van der Waals surface area contributed by atoms with Crippen molar-refractivity contribution in [1.29, 1.82) is 0 Å². The van der Waals surface area contributed by atoms with Crippen LogP contribution in [0.25, 0.3) is 0 Å². The first-order valence-electron chi connectivity index (χ1n) is 13.6. The van der Waals surface area contributed by atoms with E-state index >= 15 is 0 Å². The normalized spacial score (nSPS) is 12.8. The van der Waals surface area contributed by atoms with Crippen LogP contribution in [-0.2, 0) is 0 Å². The Morgan fingerprint density at radius 1 is 0.350 bits per heavy atom. The summed E-state index contributed by atoms with van der Waals surface area (Å²) >= 11 is 0. The molecule has 40 heavy (non-hydrogen) atoms. The summed E-state index contributed by atoms with van der Waals surface area (Å²) in [5, 5.41) is 5.51. The molecule has 5 aromatic carbocycles. The molecule has 0 aliphatic carbocycles. The van der Waals surface area contributed by atoms with Gasteiger partial charge in [-0.2, -0.15) is 0 Å². The molecule has 0 unspecified atom stereocenters. The van der Waals surface area contributed by atoms with Gasteiger partial charge >= 0.3 is 0 Å². The second-order valence-electron chi connectivity index (χ2n) is 9.64. The van der Waals surface area contributed by atoms with Crippen molar-refractivity contribution < 1.29 is 0 Å². The summed E-state index contributed by atoms with van der Waals surface area (Å²) in [6, 6.07) is 62.0. The zero-order chi connectivity index (χ0) is 27.0. The summed E-state index contributed by atoms with van der Waals surface area (Å²) < 4.78 is 0. The van der Waals surface area contributed by atoms with Gasteiger partial charge in [0.1, 0.15) is 0 Å². The first-order valence-corrected chi connectivity index (χ1v) is 16.5. The van der Waals surface area contributed by atoms with Crippen LogP contribution in [0, 0.1) is 0 Å². The topological polar surface area (TPSA) is 12.9 Å². The minimum Gasteiger partial charge on any atom is -0.261 e. The summed E-state index contributed by atoms with van der Waals surface area (Å²) in [5.74, 6) is 0. The summed E-state index contributed by atoms with van der Waals surface area (Å²) in [7, 11) is -1.60. The predicted molar refractivity (Wildman–Crippen MR) is 174 cm³/mol. The molecule has 0 saturated carbocycles. The first kappa shape index (κ1) is 26.3. The number of hydrogen-bond donors (Lipinski definition) is 0. The molecule has 0 saturated heterocycles. The predicted octanol–water partition coefficient (Wildman–Crippen LogP) is 8.13. The summed E-state index contributed by atoms with van der Waals surface area (Å²) in [5.41, 5.74) is 2.85. The SMILES string of the molecule is c1ccc([C@@H]([C@@H](c2ccccn2)P(c2ccccc2)c2ccccc2)P(c2ccccc2)c2ccccc2)cc1. The summed E-state index contributed by atoms with van der Waals surface area (Å²) in [4.78, 5) is 5.09. The highest BCUT2D eigenvalue weighted by Crippen LogP contribution is 2.66. The minimum absolute atomic E-state index is 0.148. The van der Waals surface area contributed by atoms with E-state index in [1.807, 2.05) is 12.3 Å². The van der Waals surface area contributed by atoms with Gasteiger partial charge in [0.2, 0.25) is 0 Å². The number of nitrogens with zero attached hydrogens (tertiary/aromatic N) is 1.